The minimum atomic E-state index is -0.924. The number of methoxy groups -OCH3 is 1. The molecule has 92 valence electrons. The zero-order chi connectivity index (χ0) is 12.5. The van der Waals surface area contributed by atoms with Gasteiger partial charge in [0.25, 0.3) is 0 Å². The molecule has 1 aromatic carbocycles. The highest BCUT2D eigenvalue weighted by Crippen LogP contribution is 2.17. The van der Waals surface area contributed by atoms with Crippen molar-refractivity contribution in [3.8, 4) is 0 Å². The van der Waals surface area contributed by atoms with Gasteiger partial charge in [-0.3, -0.25) is 0 Å². The second kappa shape index (κ2) is 7.92. The number of carboxylic acids is 1. The van der Waals surface area contributed by atoms with E-state index in [0.29, 0.717) is 0 Å². The van der Waals surface area contributed by atoms with Gasteiger partial charge in [0.2, 0.25) is 0 Å². The Morgan fingerprint density at radius 2 is 2.24 bits per heavy atom. The van der Waals surface area contributed by atoms with Crippen LogP contribution in [-0.2, 0) is 15.3 Å². The minimum Gasteiger partial charge on any atom is -0.478 e. The number of benzene rings is 1. The topological polar surface area (TPSA) is 46.5 Å². The lowest BCUT2D eigenvalue weighted by Crippen LogP contribution is -1.94. The Balaban J connectivity index is 2.61. The quantitative estimate of drug-likeness (QED) is 0.598. The summed E-state index contributed by atoms with van der Waals surface area (Å²) >= 11 is 1.77. The molecule has 0 aromatic heterocycles. The van der Waals surface area contributed by atoms with Crippen molar-refractivity contribution in [3.05, 3.63) is 41.5 Å². The van der Waals surface area contributed by atoms with Gasteiger partial charge in [-0.2, -0.15) is 11.8 Å². The average molecular weight is 252 g/mol. The summed E-state index contributed by atoms with van der Waals surface area (Å²) in [6.07, 6.45) is 2.80. The number of carboxylic acid groups (broad SMARTS) is 1. The lowest BCUT2D eigenvalue weighted by atomic mass is 10.1. The fourth-order valence-corrected chi connectivity index (χ4v) is 2.23. The van der Waals surface area contributed by atoms with Crippen molar-refractivity contribution in [1.29, 1.82) is 0 Å². The SMILES string of the molecule is COCCSCc1ccccc1/C=C/C(=O)O. The highest BCUT2D eigenvalue weighted by molar-refractivity contribution is 7.98. The predicted molar refractivity (Wildman–Crippen MR) is 71.1 cm³/mol. The van der Waals surface area contributed by atoms with Crippen molar-refractivity contribution >= 4 is 23.8 Å². The maximum Gasteiger partial charge on any atom is 0.328 e. The molecule has 0 saturated heterocycles. The average Bonchev–Trinajstić information content (AvgIpc) is 2.33. The van der Waals surface area contributed by atoms with Gasteiger partial charge in [-0.25, -0.2) is 4.79 Å². The molecule has 0 unspecified atom stereocenters. The number of aliphatic carboxylic acids is 1. The second-order valence-corrected chi connectivity index (χ2v) is 4.52. The molecular weight excluding hydrogens is 236 g/mol. The molecule has 4 heteroatoms. The Labute approximate surface area is 105 Å². The van der Waals surface area contributed by atoms with Crippen LogP contribution in [-0.4, -0.2) is 30.5 Å². The minimum absolute atomic E-state index is 0.734. The Kier molecular flexibility index (Phi) is 6.43. The predicted octanol–water partition coefficient (Wildman–Crippen LogP) is 2.66. The monoisotopic (exact) mass is 252 g/mol. The molecule has 0 heterocycles. The van der Waals surface area contributed by atoms with E-state index in [9.17, 15) is 4.79 Å². The van der Waals surface area contributed by atoms with Crippen LogP contribution in [0, 0.1) is 0 Å². The lowest BCUT2D eigenvalue weighted by molar-refractivity contribution is -0.131. The Hall–Kier alpha value is -1.26. The molecule has 0 aliphatic heterocycles. The van der Waals surface area contributed by atoms with E-state index in [-0.39, 0.29) is 0 Å². The van der Waals surface area contributed by atoms with E-state index in [0.717, 1.165) is 29.2 Å². The largest absolute Gasteiger partial charge is 0.478 e. The highest BCUT2D eigenvalue weighted by Gasteiger charge is 1.99. The first-order valence-electron chi connectivity index (χ1n) is 5.29. The van der Waals surface area contributed by atoms with Crippen LogP contribution >= 0.6 is 11.8 Å². The molecule has 3 nitrogen and oxygen atoms in total. The normalized spacial score (nSPS) is 10.9. The van der Waals surface area contributed by atoms with Crippen LogP contribution in [0.25, 0.3) is 6.08 Å². The molecule has 0 radical (unpaired) electrons. The first-order chi connectivity index (χ1) is 8.24. The van der Waals surface area contributed by atoms with E-state index in [4.69, 9.17) is 9.84 Å². The van der Waals surface area contributed by atoms with Gasteiger partial charge in [0, 0.05) is 24.7 Å². The summed E-state index contributed by atoms with van der Waals surface area (Å²) in [4.78, 5) is 10.5. The maximum atomic E-state index is 10.5. The molecule has 0 bridgehead atoms. The summed E-state index contributed by atoms with van der Waals surface area (Å²) in [6, 6.07) is 7.81. The molecule has 0 aliphatic rings. The van der Waals surface area contributed by atoms with Gasteiger partial charge in [0.1, 0.15) is 0 Å². The summed E-state index contributed by atoms with van der Waals surface area (Å²) in [7, 11) is 1.68. The summed E-state index contributed by atoms with van der Waals surface area (Å²) in [5, 5.41) is 8.60. The molecule has 1 rings (SSSR count). The van der Waals surface area contributed by atoms with Crippen molar-refractivity contribution < 1.29 is 14.6 Å². The van der Waals surface area contributed by atoms with Gasteiger partial charge in [0.15, 0.2) is 0 Å². The fraction of sp³-hybridized carbons (Fsp3) is 0.308. The van der Waals surface area contributed by atoms with Crippen molar-refractivity contribution in [2.24, 2.45) is 0 Å². The molecule has 0 saturated carbocycles. The van der Waals surface area contributed by atoms with E-state index < -0.39 is 5.97 Å². The first-order valence-corrected chi connectivity index (χ1v) is 6.45. The van der Waals surface area contributed by atoms with Crippen LogP contribution in [0.4, 0.5) is 0 Å². The van der Waals surface area contributed by atoms with Gasteiger partial charge in [-0.15, -0.1) is 0 Å². The van der Waals surface area contributed by atoms with Gasteiger partial charge in [-0.05, 0) is 17.2 Å². The molecule has 0 aliphatic carbocycles. The zero-order valence-corrected chi connectivity index (χ0v) is 10.6. The van der Waals surface area contributed by atoms with E-state index in [1.807, 2.05) is 24.3 Å². The summed E-state index contributed by atoms with van der Waals surface area (Å²) < 4.78 is 4.98. The molecule has 17 heavy (non-hydrogen) atoms. The van der Waals surface area contributed by atoms with Crippen LogP contribution in [0.5, 0.6) is 0 Å². The van der Waals surface area contributed by atoms with Crippen molar-refractivity contribution in [1.82, 2.24) is 0 Å². The molecule has 0 atom stereocenters. The molecular formula is C13H16O3S. The highest BCUT2D eigenvalue weighted by atomic mass is 32.2. The number of thioether (sulfide) groups is 1. The van der Waals surface area contributed by atoms with Crippen molar-refractivity contribution in [2.45, 2.75) is 5.75 Å². The molecule has 1 N–H and O–H groups in total. The van der Waals surface area contributed by atoms with Gasteiger partial charge in [0.05, 0.1) is 6.61 Å². The van der Waals surface area contributed by atoms with Crippen molar-refractivity contribution in [3.63, 3.8) is 0 Å². The number of hydrogen-bond donors (Lipinski definition) is 1. The Bertz CT molecular complexity index is 388. The molecule has 0 spiro atoms. The van der Waals surface area contributed by atoms with E-state index in [2.05, 4.69) is 0 Å². The maximum absolute atomic E-state index is 10.5. The summed E-state index contributed by atoms with van der Waals surface area (Å²) in [5.41, 5.74) is 2.10. The lowest BCUT2D eigenvalue weighted by Gasteiger charge is -2.05. The summed E-state index contributed by atoms with van der Waals surface area (Å²) in [5.74, 6) is 0.878. The smallest absolute Gasteiger partial charge is 0.328 e. The third kappa shape index (κ3) is 5.56. The van der Waals surface area contributed by atoms with Crippen LogP contribution in [0.2, 0.25) is 0 Å². The van der Waals surface area contributed by atoms with E-state index >= 15 is 0 Å². The standard InChI is InChI=1S/C13H16O3S/c1-16-8-9-17-10-12-5-3-2-4-11(12)6-7-13(14)15/h2-7H,8-10H2,1H3,(H,14,15)/b7-6+. The Morgan fingerprint density at radius 3 is 2.94 bits per heavy atom. The van der Waals surface area contributed by atoms with Crippen LogP contribution in [0.3, 0.4) is 0 Å². The number of carbonyl (C=O) groups is 1. The first kappa shape index (κ1) is 13.8. The molecule has 1 aromatic rings. The zero-order valence-electron chi connectivity index (χ0n) is 9.76. The van der Waals surface area contributed by atoms with Crippen LogP contribution in [0.15, 0.2) is 30.3 Å². The van der Waals surface area contributed by atoms with Gasteiger partial charge >= 0.3 is 5.97 Å². The third-order valence-corrected chi connectivity index (χ3v) is 3.12. The van der Waals surface area contributed by atoms with Crippen LogP contribution in [0.1, 0.15) is 11.1 Å². The van der Waals surface area contributed by atoms with E-state index in [1.54, 1.807) is 24.9 Å². The third-order valence-electron chi connectivity index (χ3n) is 2.15. The summed E-state index contributed by atoms with van der Waals surface area (Å²) in [6.45, 7) is 0.734. The molecule has 0 fully saturated rings. The van der Waals surface area contributed by atoms with E-state index in [1.165, 1.54) is 6.08 Å². The number of hydrogen-bond acceptors (Lipinski definition) is 3. The number of rotatable bonds is 7. The van der Waals surface area contributed by atoms with Crippen LogP contribution < -0.4 is 0 Å². The fourth-order valence-electron chi connectivity index (χ4n) is 1.31. The van der Waals surface area contributed by atoms with Gasteiger partial charge in [-0.1, -0.05) is 24.3 Å². The van der Waals surface area contributed by atoms with Crippen molar-refractivity contribution in [2.75, 3.05) is 19.5 Å². The molecule has 0 amide bonds. The van der Waals surface area contributed by atoms with Gasteiger partial charge < -0.3 is 9.84 Å². The second-order valence-electron chi connectivity index (χ2n) is 3.42. The number of ether oxygens (including phenoxy) is 1. The Morgan fingerprint density at radius 1 is 1.47 bits per heavy atom.